The van der Waals surface area contributed by atoms with E-state index in [0.29, 0.717) is 31.6 Å². The number of guanidine groups is 1. The number of hydrogen-bond acceptors (Lipinski definition) is 3. The SMILES string of the molecule is CCNC(=NCC(C)(C)c1ccc(OCC(C)C)cc1)NC1CCN(C(N)=O)CC1.I. The van der Waals surface area contributed by atoms with Crippen LogP contribution in [-0.4, -0.2) is 55.7 Å². The van der Waals surface area contributed by atoms with Crippen molar-refractivity contribution in [3.63, 3.8) is 0 Å². The van der Waals surface area contributed by atoms with Gasteiger partial charge in [0, 0.05) is 31.1 Å². The van der Waals surface area contributed by atoms with Crippen LogP contribution < -0.4 is 21.1 Å². The standard InChI is InChI=1S/C23H39N5O2.HI/c1-6-25-22(27-19-11-13-28(14-12-19)21(24)29)26-16-23(4,5)18-7-9-20(10-8-18)30-15-17(2)3;/h7-10,17,19H,6,11-16H2,1-5H3,(H2,24,29)(H2,25,26,27);1H. The summed E-state index contributed by atoms with van der Waals surface area (Å²) in [6.45, 7) is 14.3. The minimum Gasteiger partial charge on any atom is -0.493 e. The number of primary amides is 1. The van der Waals surface area contributed by atoms with E-state index in [4.69, 9.17) is 15.5 Å². The molecule has 0 aliphatic carbocycles. The Morgan fingerprint density at radius 2 is 1.87 bits per heavy atom. The molecular formula is C23H40IN5O2. The first kappa shape index (κ1) is 27.3. The maximum absolute atomic E-state index is 11.3. The minimum atomic E-state index is -0.337. The van der Waals surface area contributed by atoms with Crippen LogP contribution in [0.25, 0.3) is 0 Å². The van der Waals surface area contributed by atoms with Crippen molar-refractivity contribution < 1.29 is 9.53 Å². The van der Waals surface area contributed by atoms with Crippen LogP contribution >= 0.6 is 24.0 Å². The summed E-state index contributed by atoms with van der Waals surface area (Å²) in [6, 6.07) is 8.30. The second-order valence-corrected chi connectivity index (χ2v) is 9.05. The van der Waals surface area contributed by atoms with E-state index < -0.39 is 0 Å². The van der Waals surface area contributed by atoms with Gasteiger partial charge in [-0.2, -0.15) is 0 Å². The Morgan fingerprint density at radius 1 is 1.26 bits per heavy atom. The number of halogens is 1. The average Bonchev–Trinajstić information content (AvgIpc) is 2.71. The van der Waals surface area contributed by atoms with Crippen molar-refractivity contribution in [1.82, 2.24) is 15.5 Å². The highest BCUT2D eigenvalue weighted by atomic mass is 127. The highest BCUT2D eigenvalue weighted by Gasteiger charge is 2.23. The normalized spacial score (nSPS) is 15.4. The lowest BCUT2D eigenvalue weighted by molar-refractivity contribution is 0.188. The number of carbonyl (C=O) groups is 1. The van der Waals surface area contributed by atoms with Gasteiger partial charge in [-0.25, -0.2) is 4.79 Å². The van der Waals surface area contributed by atoms with Crippen LogP contribution in [0.2, 0.25) is 0 Å². The predicted octanol–water partition coefficient (Wildman–Crippen LogP) is 3.72. The number of likely N-dealkylation sites (tertiary alicyclic amines) is 1. The van der Waals surface area contributed by atoms with Gasteiger partial charge in [0.2, 0.25) is 0 Å². The second kappa shape index (κ2) is 13.0. The molecule has 2 rings (SSSR count). The van der Waals surface area contributed by atoms with Gasteiger partial charge >= 0.3 is 6.03 Å². The van der Waals surface area contributed by atoms with Gasteiger partial charge in [-0.3, -0.25) is 4.99 Å². The first-order chi connectivity index (χ1) is 14.2. The lowest BCUT2D eigenvalue weighted by Gasteiger charge is -2.32. The maximum Gasteiger partial charge on any atom is 0.314 e. The number of rotatable bonds is 8. The fraction of sp³-hybridized carbons (Fsp3) is 0.652. The molecular weight excluding hydrogens is 505 g/mol. The summed E-state index contributed by atoms with van der Waals surface area (Å²) >= 11 is 0. The molecule has 0 spiro atoms. The molecule has 1 aromatic rings. The fourth-order valence-electron chi connectivity index (χ4n) is 3.39. The molecule has 8 heteroatoms. The largest absolute Gasteiger partial charge is 0.493 e. The number of amides is 2. The number of nitrogens with two attached hydrogens (primary N) is 1. The number of nitrogens with zero attached hydrogens (tertiary/aromatic N) is 2. The molecule has 7 nitrogen and oxygen atoms in total. The van der Waals surface area contributed by atoms with Gasteiger partial charge in [0.1, 0.15) is 5.75 Å². The molecule has 0 radical (unpaired) electrons. The molecule has 2 amide bonds. The predicted molar refractivity (Wildman–Crippen MR) is 139 cm³/mol. The zero-order valence-electron chi connectivity index (χ0n) is 19.6. The highest BCUT2D eigenvalue weighted by molar-refractivity contribution is 14.0. The summed E-state index contributed by atoms with van der Waals surface area (Å²) in [5, 5.41) is 6.85. The van der Waals surface area contributed by atoms with Gasteiger partial charge < -0.3 is 26.0 Å². The molecule has 1 aliphatic rings. The molecule has 0 saturated carbocycles. The summed E-state index contributed by atoms with van der Waals surface area (Å²) in [6.07, 6.45) is 1.74. The smallest absolute Gasteiger partial charge is 0.314 e. The third kappa shape index (κ3) is 9.13. The monoisotopic (exact) mass is 545 g/mol. The Kier molecular flexibility index (Phi) is 11.4. The third-order valence-electron chi connectivity index (χ3n) is 5.34. The van der Waals surface area contributed by atoms with E-state index in [2.05, 4.69) is 57.4 Å². The molecule has 0 bridgehead atoms. The molecule has 1 fully saturated rings. The number of hydrogen-bond donors (Lipinski definition) is 3. The van der Waals surface area contributed by atoms with Crippen LogP contribution in [-0.2, 0) is 5.41 Å². The number of aliphatic imine (C=N–C) groups is 1. The lowest BCUT2D eigenvalue weighted by atomic mass is 9.85. The van der Waals surface area contributed by atoms with Gasteiger partial charge in [0.15, 0.2) is 5.96 Å². The molecule has 31 heavy (non-hydrogen) atoms. The van der Waals surface area contributed by atoms with E-state index in [9.17, 15) is 4.79 Å². The van der Waals surface area contributed by atoms with Crippen LogP contribution in [0.5, 0.6) is 5.75 Å². The number of carbonyl (C=O) groups excluding carboxylic acids is 1. The van der Waals surface area contributed by atoms with Crippen LogP contribution in [0.4, 0.5) is 4.79 Å². The Balaban J connectivity index is 0.00000480. The maximum atomic E-state index is 11.3. The molecule has 1 aromatic carbocycles. The van der Waals surface area contributed by atoms with Crippen molar-refractivity contribution in [1.29, 1.82) is 0 Å². The van der Waals surface area contributed by atoms with Crippen molar-refractivity contribution in [2.45, 2.75) is 58.9 Å². The second-order valence-electron chi connectivity index (χ2n) is 9.05. The fourth-order valence-corrected chi connectivity index (χ4v) is 3.39. The Labute approximate surface area is 204 Å². The molecule has 0 atom stereocenters. The molecule has 1 heterocycles. The Morgan fingerprint density at radius 3 is 2.39 bits per heavy atom. The molecule has 1 aliphatic heterocycles. The summed E-state index contributed by atoms with van der Waals surface area (Å²) in [5.74, 6) is 2.24. The van der Waals surface area contributed by atoms with Crippen molar-refractivity contribution in [3.8, 4) is 5.75 Å². The quantitative estimate of drug-likeness (QED) is 0.264. The van der Waals surface area contributed by atoms with E-state index in [1.165, 1.54) is 5.56 Å². The van der Waals surface area contributed by atoms with Gasteiger partial charge in [-0.1, -0.05) is 39.8 Å². The van der Waals surface area contributed by atoms with Gasteiger partial charge in [0.05, 0.1) is 13.2 Å². The lowest BCUT2D eigenvalue weighted by Crippen LogP contribution is -2.51. The minimum absolute atomic E-state index is 0. The van der Waals surface area contributed by atoms with E-state index in [-0.39, 0.29) is 35.4 Å². The topological polar surface area (TPSA) is 92.0 Å². The van der Waals surface area contributed by atoms with Gasteiger partial charge in [-0.05, 0) is 43.4 Å². The highest BCUT2D eigenvalue weighted by Crippen LogP contribution is 2.26. The van der Waals surface area contributed by atoms with Gasteiger partial charge in [0.25, 0.3) is 0 Å². The van der Waals surface area contributed by atoms with Crippen LogP contribution in [0.3, 0.4) is 0 Å². The molecule has 0 unspecified atom stereocenters. The van der Waals surface area contributed by atoms with E-state index in [1.54, 1.807) is 4.90 Å². The van der Waals surface area contributed by atoms with E-state index >= 15 is 0 Å². The van der Waals surface area contributed by atoms with Crippen LogP contribution in [0, 0.1) is 5.92 Å². The van der Waals surface area contributed by atoms with Crippen molar-refractivity contribution in [2.24, 2.45) is 16.6 Å². The number of piperidine rings is 1. The van der Waals surface area contributed by atoms with E-state index in [1.807, 2.05) is 12.1 Å². The molecule has 0 aromatic heterocycles. The summed E-state index contributed by atoms with van der Waals surface area (Å²) in [5.41, 5.74) is 6.50. The van der Waals surface area contributed by atoms with Crippen molar-refractivity contribution >= 4 is 36.0 Å². The Bertz CT molecular complexity index is 698. The molecule has 1 saturated heterocycles. The van der Waals surface area contributed by atoms with Crippen molar-refractivity contribution in [3.05, 3.63) is 29.8 Å². The first-order valence-electron chi connectivity index (χ1n) is 11.0. The zero-order chi connectivity index (χ0) is 22.1. The summed E-state index contributed by atoms with van der Waals surface area (Å²) in [4.78, 5) is 17.8. The van der Waals surface area contributed by atoms with Gasteiger partial charge in [-0.15, -0.1) is 24.0 Å². The first-order valence-corrected chi connectivity index (χ1v) is 11.0. The number of urea groups is 1. The summed E-state index contributed by atoms with van der Waals surface area (Å²) < 4.78 is 5.79. The third-order valence-corrected chi connectivity index (χ3v) is 5.34. The number of ether oxygens (including phenoxy) is 1. The average molecular weight is 546 g/mol. The molecule has 176 valence electrons. The zero-order valence-corrected chi connectivity index (χ0v) is 21.9. The van der Waals surface area contributed by atoms with E-state index in [0.717, 1.165) is 37.7 Å². The van der Waals surface area contributed by atoms with Crippen LogP contribution in [0.15, 0.2) is 29.3 Å². The summed E-state index contributed by atoms with van der Waals surface area (Å²) in [7, 11) is 0. The number of benzene rings is 1. The molecule has 4 N–H and O–H groups in total. The number of nitrogens with one attached hydrogen (secondary N) is 2. The van der Waals surface area contributed by atoms with Crippen LogP contribution in [0.1, 0.15) is 53.0 Å². The Hall–Kier alpha value is -1.71. The van der Waals surface area contributed by atoms with Crippen molar-refractivity contribution in [2.75, 3.05) is 32.8 Å².